The quantitative estimate of drug-likeness (QED) is 0.0547. The molecule has 0 amide bonds. The normalized spacial score (nSPS) is 12.3. The van der Waals surface area contributed by atoms with Crippen molar-refractivity contribution in [1.29, 1.82) is 5.41 Å². The summed E-state index contributed by atoms with van der Waals surface area (Å²) in [6, 6.07) is 0. The number of hydrogen-bond donors (Lipinski definition) is 1. The highest BCUT2D eigenvalue weighted by molar-refractivity contribution is 5.82. The van der Waals surface area contributed by atoms with Crippen molar-refractivity contribution in [1.82, 2.24) is 0 Å². The molecule has 0 radical (unpaired) electrons. The molecule has 0 aromatic rings. The molecular weight excluding hydrogens is 458 g/mol. The van der Waals surface area contributed by atoms with Crippen molar-refractivity contribution in [3.05, 3.63) is 48.6 Å². The fraction of sp³-hybridized carbons (Fsp3) is 0.757. The Kier molecular flexibility index (Phi) is 32.4. The number of rotatable bonds is 30. The Morgan fingerprint density at radius 1 is 0.395 bits per heavy atom. The minimum Gasteiger partial charge on any atom is -0.309 e. The van der Waals surface area contributed by atoms with Crippen LogP contribution < -0.4 is 0 Å². The number of unbranched alkanes of at least 4 members (excludes halogenated alkanes) is 19. The fourth-order valence-corrected chi connectivity index (χ4v) is 4.75. The summed E-state index contributed by atoms with van der Waals surface area (Å²) in [5, 5.41) is 8.19. The molecule has 1 N–H and O–H groups in total. The third kappa shape index (κ3) is 32.7. The van der Waals surface area contributed by atoms with Gasteiger partial charge in [0.15, 0.2) is 0 Å². The van der Waals surface area contributed by atoms with Gasteiger partial charge in [-0.2, -0.15) is 0 Å². The molecule has 0 saturated heterocycles. The van der Waals surface area contributed by atoms with Gasteiger partial charge in [0.2, 0.25) is 0 Å². The maximum absolute atomic E-state index is 8.19. The van der Waals surface area contributed by atoms with E-state index in [1.165, 1.54) is 148 Å². The SMILES string of the molecule is CCCCC/C=C\C/C=C\CCCCCCCCC(=N)C/C=C/CCCCCCCC/C=C\CCCCC. The third-order valence-electron chi connectivity index (χ3n) is 7.34. The van der Waals surface area contributed by atoms with Crippen LogP contribution in [0.3, 0.4) is 0 Å². The van der Waals surface area contributed by atoms with Crippen molar-refractivity contribution >= 4 is 5.71 Å². The molecule has 0 saturated carbocycles. The Hall–Kier alpha value is -1.37. The molecule has 0 aliphatic carbocycles. The van der Waals surface area contributed by atoms with Crippen molar-refractivity contribution in [3.8, 4) is 0 Å². The summed E-state index contributed by atoms with van der Waals surface area (Å²) < 4.78 is 0. The van der Waals surface area contributed by atoms with Crippen molar-refractivity contribution in [2.24, 2.45) is 0 Å². The third-order valence-corrected chi connectivity index (χ3v) is 7.34. The molecule has 0 atom stereocenters. The molecule has 0 fully saturated rings. The van der Waals surface area contributed by atoms with Crippen LogP contribution >= 0.6 is 0 Å². The van der Waals surface area contributed by atoms with Crippen LogP contribution in [0.2, 0.25) is 0 Å². The van der Waals surface area contributed by atoms with Crippen molar-refractivity contribution < 1.29 is 0 Å². The predicted molar refractivity (Wildman–Crippen MR) is 176 cm³/mol. The highest BCUT2D eigenvalue weighted by Gasteiger charge is 1.96. The molecular formula is C37H67N. The average molecular weight is 526 g/mol. The lowest BCUT2D eigenvalue weighted by Gasteiger charge is -2.02. The summed E-state index contributed by atoms with van der Waals surface area (Å²) in [5.74, 6) is 0. The summed E-state index contributed by atoms with van der Waals surface area (Å²) in [4.78, 5) is 0. The minimum atomic E-state index is 0.867. The lowest BCUT2D eigenvalue weighted by Crippen LogP contribution is -1.94. The smallest absolute Gasteiger partial charge is 0.0127 e. The molecule has 1 nitrogen and oxygen atoms in total. The van der Waals surface area contributed by atoms with E-state index >= 15 is 0 Å². The predicted octanol–water partition coefficient (Wildman–Crippen LogP) is 13.4. The van der Waals surface area contributed by atoms with Gasteiger partial charge in [-0.15, -0.1) is 0 Å². The first-order valence-corrected chi connectivity index (χ1v) is 17.0. The van der Waals surface area contributed by atoms with Crippen molar-refractivity contribution in [2.45, 2.75) is 181 Å². The van der Waals surface area contributed by atoms with Crippen molar-refractivity contribution in [2.75, 3.05) is 0 Å². The molecule has 0 aliphatic heterocycles. The molecule has 0 rings (SSSR count). The van der Waals surface area contributed by atoms with Gasteiger partial charge >= 0.3 is 0 Å². The van der Waals surface area contributed by atoms with Crippen LogP contribution in [0.5, 0.6) is 0 Å². The van der Waals surface area contributed by atoms with Gasteiger partial charge in [0.25, 0.3) is 0 Å². The van der Waals surface area contributed by atoms with E-state index < -0.39 is 0 Å². The summed E-state index contributed by atoms with van der Waals surface area (Å²) in [6.07, 6.45) is 52.0. The molecule has 0 spiro atoms. The molecule has 220 valence electrons. The van der Waals surface area contributed by atoms with Gasteiger partial charge in [-0.1, -0.05) is 140 Å². The van der Waals surface area contributed by atoms with E-state index in [0.717, 1.165) is 25.0 Å². The highest BCUT2D eigenvalue weighted by atomic mass is 14.4. The molecule has 1 heteroatoms. The molecule has 38 heavy (non-hydrogen) atoms. The van der Waals surface area contributed by atoms with E-state index in [1.807, 2.05) is 0 Å². The number of nitrogens with one attached hydrogen (secondary N) is 1. The van der Waals surface area contributed by atoms with Crippen LogP contribution in [-0.4, -0.2) is 5.71 Å². The highest BCUT2D eigenvalue weighted by Crippen LogP contribution is 2.12. The van der Waals surface area contributed by atoms with Crippen LogP contribution in [0.25, 0.3) is 0 Å². The zero-order valence-corrected chi connectivity index (χ0v) is 26.0. The molecule has 0 aliphatic rings. The Morgan fingerprint density at radius 3 is 1.18 bits per heavy atom. The topological polar surface area (TPSA) is 23.9 Å². The van der Waals surface area contributed by atoms with E-state index in [2.05, 4.69) is 62.5 Å². The first-order valence-electron chi connectivity index (χ1n) is 17.0. The number of hydrogen-bond acceptors (Lipinski definition) is 1. The van der Waals surface area contributed by atoms with Crippen LogP contribution in [0.15, 0.2) is 48.6 Å². The average Bonchev–Trinajstić information content (AvgIpc) is 2.92. The first kappa shape index (κ1) is 36.6. The Labute approximate surface area is 240 Å². The van der Waals surface area contributed by atoms with Gasteiger partial charge < -0.3 is 5.41 Å². The summed E-state index contributed by atoms with van der Waals surface area (Å²) in [5.41, 5.74) is 0.921. The molecule has 0 aromatic carbocycles. The maximum atomic E-state index is 8.19. The van der Waals surface area contributed by atoms with Gasteiger partial charge in [-0.3, -0.25) is 0 Å². The van der Waals surface area contributed by atoms with Gasteiger partial charge in [-0.05, 0) is 83.5 Å². The summed E-state index contributed by atoms with van der Waals surface area (Å²) in [6.45, 7) is 4.53. The molecule has 0 heterocycles. The van der Waals surface area contributed by atoms with E-state index in [-0.39, 0.29) is 0 Å². The first-order chi connectivity index (χ1) is 18.8. The lowest BCUT2D eigenvalue weighted by molar-refractivity contribution is 0.599. The van der Waals surface area contributed by atoms with E-state index in [1.54, 1.807) is 0 Å². The molecule has 0 bridgehead atoms. The van der Waals surface area contributed by atoms with Gasteiger partial charge in [0.1, 0.15) is 0 Å². The van der Waals surface area contributed by atoms with E-state index in [4.69, 9.17) is 5.41 Å². The van der Waals surface area contributed by atoms with Crippen LogP contribution in [0.1, 0.15) is 181 Å². The van der Waals surface area contributed by atoms with Gasteiger partial charge in [0, 0.05) is 12.1 Å². The van der Waals surface area contributed by atoms with E-state index in [9.17, 15) is 0 Å². The fourth-order valence-electron chi connectivity index (χ4n) is 4.75. The van der Waals surface area contributed by atoms with Gasteiger partial charge in [0.05, 0.1) is 0 Å². The minimum absolute atomic E-state index is 0.867. The second-order valence-corrected chi connectivity index (χ2v) is 11.3. The largest absolute Gasteiger partial charge is 0.309 e. The van der Waals surface area contributed by atoms with Crippen molar-refractivity contribution in [3.63, 3.8) is 0 Å². The Bertz CT molecular complexity index is 580. The number of allylic oxidation sites excluding steroid dienone is 8. The maximum Gasteiger partial charge on any atom is 0.0127 e. The van der Waals surface area contributed by atoms with Gasteiger partial charge in [-0.25, -0.2) is 0 Å². The van der Waals surface area contributed by atoms with Crippen LogP contribution in [-0.2, 0) is 0 Å². The zero-order chi connectivity index (χ0) is 27.6. The summed E-state index contributed by atoms with van der Waals surface area (Å²) >= 11 is 0. The lowest BCUT2D eigenvalue weighted by atomic mass is 10.0. The molecule has 0 unspecified atom stereocenters. The second kappa shape index (κ2) is 33.7. The van der Waals surface area contributed by atoms with Crippen LogP contribution in [0.4, 0.5) is 0 Å². The Balaban J connectivity index is 3.32. The summed E-state index contributed by atoms with van der Waals surface area (Å²) in [7, 11) is 0. The zero-order valence-electron chi connectivity index (χ0n) is 26.0. The molecule has 0 aromatic heterocycles. The Morgan fingerprint density at radius 2 is 0.737 bits per heavy atom. The van der Waals surface area contributed by atoms with Crippen LogP contribution in [0, 0.1) is 5.41 Å². The monoisotopic (exact) mass is 526 g/mol. The van der Waals surface area contributed by atoms with E-state index in [0.29, 0.717) is 0 Å². The second-order valence-electron chi connectivity index (χ2n) is 11.3. The standard InChI is InChI=1S/C37H67N/c1-3-5-7-9-11-13-15-17-19-21-23-25-27-29-31-33-35-37(38)36-34-32-30-28-26-24-22-20-18-16-14-12-10-8-6-4-2/h11-14,17,19,32,34,38H,3-10,15-16,18,20-31,33,35-36H2,1-2H3/b13-11-,14-12-,19-17-,34-32+,38-37?.